The van der Waals surface area contributed by atoms with Crippen LogP contribution in [0.25, 0.3) is 0 Å². The second-order valence-electron chi connectivity index (χ2n) is 2.99. The van der Waals surface area contributed by atoms with E-state index < -0.39 is 0 Å². The molecule has 4 heteroatoms. The first kappa shape index (κ1) is 7.34. The first-order valence-electron chi connectivity index (χ1n) is 4.01. The van der Waals surface area contributed by atoms with Gasteiger partial charge in [0.05, 0.1) is 6.61 Å². The van der Waals surface area contributed by atoms with Crippen molar-refractivity contribution in [2.45, 2.75) is 12.8 Å². The number of hydrogen-bond acceptors (Lipinski definition) is 3. The van der Waals surface area contributed by atoms with Gasteiger partial charge in [0.25, 0.3) is 0 Å². The maximum absolute atomic E-state index is 11.1. The molecule has 0 amide bonds. The molecule has 1 aromatic heterocycles. The Labute approximate surface area is 70.2 Å². The largest absolute Gasteiger partial charge is 0.449 e. The summed E-state index contributed by atoms with van der Waals surface area (Å²) in [6.45, 7) is 0.553. The topological polar surface area (TPSA) is 44.1 Å². The standard InChI is InChI=1S/C8H10N2O2/c11-8(10-4-3-9-6-10)12-5-7-1-2-7/h3-4,6-7H,1-2,5H2. The van der Waals surface area contributed by atoms with E-state index in [4.69, 9.17) is 4.74 Å². The van der Waals surface area contributed by atoms with Crippen LogP contribution in [0.1, 0.15) is 12.8 Å². The van der Waals surface area contributed by atoms with Gasteiger partial charge in [-0.15, -0.1) is 0 Å². The molecule has 1 aliphatic carbocycles. The summed E-state index contributed by atoms with van der Waals surface area (Å²) < 4.78 is 6.33. The fraction of sp³-hybridized carbons (Fsp3) is 0.500. The Kier molecular flexibility index (Phi) is 1.81. The summed E-state index contributed by atoms with van der Waals surface area (Å²) in [5, 5.41) is 0. The predicted octanol–water partition coefficient (Wildman–Crippen LogP) is 1.28. The molecule has 1 fully saturated rings. The van der Waals surface area contributed by atoms with Crippen LogP contribution in [-0.2, 0) is 4.74 Å². The first-order chi connectivity index (χ1) is 5.86. The van der Waals surface area contributed by atoms with E-state index in [1.807, 2.05) is 0 Å². The van der Waals surface area contributed by atoms with Gasteiger partial charge in [0.1, 0.15) is 6.33 Å². The molecule has 12 heavy (non-hydrogen) atoms. The molecule has 0 aliphatic heterocycles. The second-order valence-corrected chi connectivity index (χ2v) is 2.99. The SMILES string of the molecule is O=C(OCC1CC1)n1ccnc1. The highest BCUT2D eigenvalue weighted by Crippen LogP contribution is 2.28. The molecule has 0 aromatic carbocycles. The molecule has 0 unspecified atom stereocenters. The molecule has 1 aliphatic rings. The maximum atomic E-state index is 11.1. The van der Waals surface area contributed by atoms with Gasteiger partial charge in [-0.3, -0.25) is 0 Å². The van der Waals surface area contributed by atoms with Crippen LogP contribution in [-0.4, -0.2) is 22.3 Å². The number of hydrogen-bond donors (Lipinski definition) is 0. The molecular weight excluding hydrogens is 156 g/mol. The molecule has 0 radical (unpaired) electrons. The summed E-state index contributed by atoms with van der Waals surface area (Å²) in [7, 11) is 0. The predicted molar refractivity (Wildman–Crippen MR) is 41.7 cm³/mol. The van der Waals surface area contributed by atoms with Crippen LogP contribution in [0.3, 0.4) is 0 Å². The minimum absolute atomic E-state index is 0.334. The Morgan fingerprint density at radius 2 is 2.50 bits per heavy atom. The minimum Gasteiger partial charge on any atom is -0.449 e. The zero-order chi connectivity index (χ0) is 8.39. The molecule has 64 valence electrons. The molecule has 0 N–H and O–H groups in total. The number of ether oxygens (including phenoxy) is 1. The van der Waals surface area contributed by atoms with Crippen LogP contribution < -0.4 is 0 Å². The van der Waals surface area contributed by atoms with Crippen molar-refractivity contribution in [2.24, 2.45) is 5.92 Å². The molecular formula is C8H10N2O2. The Morgan fingerprint density at radius 1 is 1.67 bits per heavy atom. The fourth-order valence-electron chi connectivity index (χ4n) is 0.915. The van der Waals surface area contributed by atoms with E-state index in [1.165, 1.54) is 23.7 Å². The van der Waals surface area contributed by atoms with Crippen molar-refractivity contribution in [1.29, 1.82) is 0 Å². The Bertz CT molecular complexity index is 265. The zero-order valence-corrected chi connectivity index (χ0v) is 6.64. The van der Waals surface area contributed by atoms with Gasteiger partial charge >= 0.3 is 6.09 Å². The van der Waals surface area contributed by atoms with Gasteiger partial charge < -0.3 is 4.74 Å². The van der Waals surface area contributed by atoms with Crippen LogP contribution in [0.5, 0.6) is 0 Å². The summed E-state index contributed by atoms with van der Waals surface area (Å²) in [6, 6.07) is 0. The summed E-state index contributed by atoms with van der Waals surface area (Å²) in [4.78, 5) is 14.9. The van der Waals surface area contributed by atoms with Gasteiger partial charge in [-0.25, -0.2) is 14.3 Å². The average Bonchev–Trinajstić information content (AvgIpc) is 2.74. The van der Waals surface area contributed by atoms with Crippen molar-refractivity contribution in [3.63, 3.8) is 0 Å². The van der Waals surface area contributed by atoms with Gasteiger partial charge in [-0.05, 0) is 18.8 Å². The van der Waals surface area contributed by atoms with Crippen molar-refractivity contribution in [2.75, 3.05) is 6.61 Å². The van der Waals surface area contributed by atoms with E-state index in [0.717, 1.165) is 0 Å². The zero-order valence-electron chi connectivity index (χ0n) is 6.64. The third-order valence-electron chi connectivity index (χ3n) is 1.85. The van der Waals surface area contributed by atoms with Crippen molar-refractivity contribution < 1.29 is 9.53 Å². The van der Waals surface area contributed by atoms with Crippen molar-refractivity contribution in [3.05, 3.63) is 18.7 Å². The van der Waals surface area contributed by atoms with Crippen LogP contribution in [0.2, 0.25) is 0 Å². The first-order valence-corrected chi connectivity index (χ1v) is 4.01. The third kappa shape index (κ3) is 1.64. The molecule has 1 aromatic rings. The van der Waals surface area contributed by atoms with Crippen LogP contribution in [0.4, 0.5) is 4.79 Å². The molecule has 0 atom stereocenters. The van der Waals surface area contributed by atoms with E-state index in [9.17, 15) is 4.79 Å². The number of carbonyl (C=O) groups is 1. The quantitative estimate of drug-likeness (QED) is 0.664. The highest BCUT2D eigenvalue weighted by Gasteiger charge is 2.23. The molecule has 1 saturated carbocycles. The van der Waals surface area contributed by atoms with E-state index >= 15 is 0 Å². The molecule has 4 nitrogen and oxygen atoms in total. The molecule has 0 bridgehead atoms. The van der Waals surface area contributed by atoms with Gasteiger partial charge in [0.2, 0.25) is 0 Å². The highest BCUT2D eigenvalue weighted by atomic mass is 16.5. The van der Waals surface area contributed by atoms with Gasteiger partial charge in [0, 0.05) is 12.4 Å². The summed E-state index contributed by atoms with van der Waals surface area (Å²) >= 11 is 0. The summed E-state index contributed by atoms with van der Waals surface area (Å²) in [5.74, 6) is 0.609. The smallest absolute Gasteiger partial charge is 0.419 e. The number of carbonyl (C=O) groups excluding carboxylic acids is 1. The monoisotopic (exact) mass is 166 g/mol. The molecule has 0 saturated heterocycles. The number of rotatable bonds is 2. The Hall–Kier alpha value is -1.32. The highest BCUT2D eigenvalue weighted by molar-refractivity contribution is 5.69. The molecule has 1 heterocycles. The summed E-state index contributed by atoms with van der Waals surface area (Å²) in [5.41, 5.74) is 0. The Balaban J connectivity index is 1.83. The van der Waals surface area contributed by atoms with Crippen molar-refractivity contribution in [3.8, 4) is 0 Å². The van der Waals surface area contributed by atoms with Gasteiger partial charge in [-0.1, -0.05) is 0 Å². The normalized spacial score (nSPS) is 16.0. The fourth-order valence-corrected chi connectivity index (χ4v) is 0.915. The van der Waals surface area contributed by atoms with Crippen LogP contribution in [0.15, 0.2) is 18.7 Å². The number of nitrogens with zero attached hydrogens (tertiary/aromatic N) is 2. The lowest BCUT2D eigenvalue weighted by molar-refractivity contribution is 0.142. The van der Waals surface area contributed by atoms with E-state index in [-0.39, 0.29) is 6.09 Å². The van der Waals surface area contributed by atoms with Crippen molar-refractivity contribution in [1.82, 2.24) is 9.55 Å². The van der Waals surface area contributed by atoms with Gasteiger partial charge in [0.15, 0.2) is 0 Å². The number of aromatic nitrogens is 2. The van der Waals surface area contributed by atoms with E-state index in [1.54, 1.807) is 12.4 Å². The number of imidazole rings is 1. The maximum Gasteiger partial charge on any atom is 0.419 e. The van der Waals surface area contributed by atoms with Crippen LogP contribution in [0, 0.1) is 5.92 Å². The van der Waals surface area contributed by atoms with Crippen LogP contribution >= 0.6 is 0 Å². The third-order valence-corrected chi connectivity index (χ3v) is 1.85. The average molecular weight is 166 g/mol. The minimum atomic E-state index is -0.334. The summed E-state index contributed by atoms with van der Waals surface area (Å²) in [6.07, 6.45) is 6.62. The van der Waals surface area contributed by atoms with Crippen molar-refractivity contribution >= 4 is 6.09 Å². The van der Waals surface area contributed by atoms with E-state index in [0.29, 0.717) is 12.5 Å². The molecule has 0 spiro atoms. The second kappa shape index (κ2) is 2.97. The van der Waals surface area contributed by atoms with Gasteiger partial charge in [-0.2, -0.15) is 0 Å². The Morgan fingerprint density at radius 3 is 3.08 bits per heavy atom. The van der Waals surface area contributed by atoms with E-state index in [2.05, 4.69) is 4.98 Å². The lowest BCUT2D eigenvalue weighted by Gasteiger charge is -2.01. The lowest BCUT2D eigenvalue weighted by atomic mass is 10.5. The molecule has 2 rings (SSSR count). The lowest BCUT2D eigenvalue weighted by Crippen LogP contribution is -2.13.